The van der Waals surface area contributed by atoms with E-state index in [0.717, 1.165) is 22.3 Å². The van der Waals surface area contributed by atoms with Gasteiger partial charge >= 0.3 is 5.97 Å². The average molecular weight is 397 g/mol. The highest BCUT2D eigenvalue weighted by molar-refractivity contribution is 9.10. The van der Waals surface area contributed by atoms with E-state index in [2.05, 4.69) is 25.8 Å². The first-order valence-electron chi connectivity index (χ1n) is 7.47. The Morgan fingerprint density at radius 1 is 1.39 bits per heavy atom. The molecule has 0 unspecified atom stereocenters. The van der Waals surface area contributed by atoms with E-state index in [1.54, 1.807) is 5.38 Å². The van der Waals surface area contributed by atoms with E-state index in [1.807, 2.05) is 18.2 Å². The Morgan fingerprint density at radius 3 is 2.83 bits per heavy atom. The number of likely N-dealkylation sites (tertiary alicyclic amines) is 1. The second kappa shape index (κ2) is 7.42. The summed E-state index contributed by atoms with van der Waals surface area (Å²) in [5, 5.41) is 11.2. The molecule has 0 atom stereocenters. The minimum absolute atomic E-state index is 0.0760. The Labute approximate surface area is 147 Å². The minimum Gasteiger partial charge on any atom is -0.491 e. The van der Waals surface area contributed by atoms with Crippen LogP contribution in [0.15, 0.2) is 28.1 Å². The molecule has 0 aliphatic carbocycles. The number of halogens is 1. The summed E-state index contributed by atoms with van der Waals surface area (Å²) >= 11 is 4.84. The molecule has 1 fully saturated rings. The SMILES string of the molecule is O=C(O)c1csc(-c2ccc(OCCN3CCCC3)c(Br)c2)n1. The molecule has 3 rings (SSSR count). The van der Waals surface area contributed by atoms with Crippen molar-refractivity contribution in [3.8, 4) is 16.3 Å². The van der Waals surface area contributed by atoms with Gasteiger partial charge < -0.3 is 9.84 Å². The smallest absolute Gasteiger partial charge is 0.355 e. The molecule has 1 aliphatic rings. The molecule has 1 aliphatic heterocycles. The predicted molar refractivity (Wildman–Crippen MR) is 93.4 cm³/mol. The van der Waals surface area contributed by atoms with Crippen LogP contribution in [-0.4, -0.2) is 47.2 Å². The number of benzene rings is 1. The van der Waals surface area contributed by atoms with E-state index < -0.39 is 5.97 Å². The molecule has 0 amide bonds. The van der Waals surface area contributed by atoms with Crippen molar-refractivity contribution < 1.29 is 14.6 Å². The van der Waals surface area contributed by atoms with Crippen LogP contribution >= 0.6 is 27.3 Å². The summed E-state index contributed by atoms with van der Waals surface area (Å²) in [5.74, 6) is -0.212. The van der Waals surface area contributed by atoms with E-state index >= 15 is 0 Å². The van der Waals surface area contributed by atoms with Gasteiger partial charge in [-0.25, -0.2) is 9.78 Å². The third kappa shape index (κ3) is 4.10. The van der Waals surface area contributed by atoms with E-state index in [1.165, 1.54) is 37.3 Å². The number of ether oxygens (including phenoxy) is 1. The number of nitrogens with zero attached hydrogens (tertiary/aromatic N) is 2. The van der Waals surface area contributed by atoms with E-state index in [-0.39, 0.29) is 5.69 Å². The van der Waals surface area contributed by atoms with Gasteiger partial charge in [0.05, 0.1) is 4.47 Å². The zero-order valence-electron chi connectivity index (χ0n) is 12.5. The fraction of sp³-hybridized carbons (Fsp3) is 0.375. The van der Waals surface area contributed by atoms with Crippen LogP contribution in [0, 0.1) is 0 Å². The predicted octanol–water partition coefficient (Wildman–Crippen LogP) is 3.75. The number of carboxylic acids is 1. The van der Waals surface area contributed by atoms with E-state index in [9.17, 15) is 4.79 Å². The third-order valence-electron chi connectivity index (χ3n) is 3.77. The van der Waals surface area contributed by atoms with Crippen LogP contribution in [0.3, 0.4) is 0 Å². The molecular weight excluding hydrogens is 380 g/mol. The van der Waals surface area contributed by atoms with Crippen molar-refractivity contribution in [2.45, 2.75) is 12.8 Å². The first-order valence-corrected chi connectivity index (χ1v) is 9.14. The highest BCUT2D eigenvalue weighted by atomic mass is 79.9. The number of aromatic nitrogens is 1. The zero-order chi connectivity index (χ0) is 16.2. The molecule has 122 valence electrons. The monoisotopic (exact) mass is 396 g/mol. The largest absolute Gasteiger partial charge is 0.491 e. The number of thiazole rings is 1. The summed E-state index contributed by atoms with van der Waals surface area (Å²) in [6.07, 6.45) is 2.56. The van der Waals surface area contributed by atoms with Crippen LogP contribution in [0.25, 0.3) is 10.6 Å². The van der Waals surface area contributed by atoms with Crippen LogP contribution in [0.2, 0.25) is 0 Å². The lowest BCUT2D eigenvalue weighted by atomic mass is 10.2. The number of rotatable bonds is 6. The van der Waals surface area contributed by atoms with Crippen molar-refractivity contribution in [3.05, 3.63) is 33.7 Å². The molecule has 23 heavy (non-hydrogen) atoms. The topological polar surface area (TPSA) is 62.7 Å². The van der Waals surface area contributed by atoms with Gasteiger partial charge in [-0.3, -0.25) is 4.90 Å². The maximum atomic E-state index is 10.9. The van der Waals surface area contributed by atoms with Gasteiger partial charge in [0, 0.05) is 17.5 Å². The molecule has 0 spiro atoms. The Balaban J connectivity index is 1.63. The van der Waals surface area contributed by atoms with Crippen molar-refractivity contribution in [3.63, 3.8) is 0 Å². The molecule has 1 saturated heterocycles. The lowest BCUT2D eigenvalue weighted by Gasteiger charge is -2.15. The second-order valence-electron chi connectivity index (χ2n) is 5.39. The van der Waals surface area contributed by atoms with Crippen molar-refractivity contribution >= 4 is 33.2 Å². The molecule has 5 nitrogen and oxygen atoms in total. The maximum Gasteiger partial charge on any atom is 0.355 e. The van der Waals surface area contributed by atoms with Gasteiger partial charge in [-0.2, -0.15) is 0 Å². The van der Waals surface area contributed by atoms with Crippen molar-refractivity contribution in [1.29, 1.82) is 0 Å². The molecule has 0 saturated carbocycles. The van der Waals surface area contributed by atoms with Gasteiger partial charge in [-0.1, -0.05) is 0 Å². The Kier molecular flexibility index (Phi) is 5.30. The summed E-state index contributed by atoms with van der Waals surface area (Å²) in [4.78, 5) is 17.4. The summed E-state index contributed by atoms with van der Waals surface area (Å²) in [6, 6.07) is 5.71. The fourth-order valence-corrected chi connectivity index (χ4v) is 3.83. The molecule has 2 aromatic rings. The minimum atomic E-state index is -1.01. The van der Waals surface area contributed by atoms with Crippen LogP contribution in [-0.2, 0) is 0 Å². The first kappa shape index (κ1) is 16.4. The highest BCUT2D eigenvalue weighted by Crippen LogP contribution is 2.32. The quantitative estimate of drug-likeness (QED) is 0.805. The summed E-state index contributed by atoms with van der Waals surface area (Å²) in [7, 11) is 0. The third-order valence-corrected chi connectivity index (χ3v) is 5.28. The molecule has 1 aromatic heterocycles. The van der Waals surface area contributed by atoms with E-state index in [4.69, 9.17) is 9.84 Å². The van der Waals surface area contributed by atoms with Crippen LogP contribution < -0.4 is 4.74 Å². The normalized spacial score (nSPS) is 15.0. The molecule has 7 heteroatoms. The van der Waals surface area contributed by atoms with Crippen molar-refractivity contribution in [1.82, 2.24) is 9.88 Å². The maximum absolute atomic E-state index is 10.9. The van der Waals surface area contributed by atoms with Gasteiger partial charge in [-0.15, -0.1) is 11.3 Å². The Bertz CT molecular complexity index is 698. The van der Waals surface area contributed by atoms with Gasteiger partial charge in [0.1, 0.15) is 17.4 Å². The lowest BCUT2D eigenvalue weighted by Crippen LogP contribution is -2.25. The number of aromatic carboxylic acids is 1. The average Bonchev–Trinajstić information content (AvgIpc) is 3.19. The standard InChI is InChI=1S/C16H17BrN2O3S/c17-12-9-11(15-18-13(10-23-15)16(20)21)3-4-14(12)22-8-7-19-5-1-2-6-19/h3-4,9-10H,1-2,5-8H2,(H,20,21). The molecule has 0 bridgehead atoms. The number of carbonyl (C=O) groups is 1. The van der Waals surface area contributed by atoms with Gasteiger partial charge in [0.15, 0.2) is 5.69 Å². The zero-order valence-corrected chi connectivity index (χ0v) is 14.9. The highest BCUT2D eigenvalue weighted by Gasteiger charge is 2.13. The Morgan fingerprint density at radius 2 is 2.17 bits per heavy atom. The number of hydrogen-bond acceptors (Lipinski definition) is 5. The van der Waals surface area contributed by atoms with Crippen LogP contribution in [0.5, 0.6) is 5.75 Å². The lowest BCUT2D eigenvalue weighted by molar-refractivity contribution is 0.0691. The molecule has 1 N–H and O–H groups in total. The second-order valence-corrected chi connectivity index (χ2v) is 7.10. The summed E-state index contributed by atoms with van der Waals surface area (Å²) in [6.45, 7) is 3.94. The molecule has 1 aromatic carbocycles. The van der Waals surface area contributed by atoms with Crippen LogP contribution in [0.1, 0.15) is 23.3 Å². The number of hydrogen-bond donors (Lipinski definition) is 1. The van der Waals surface area contributed by atoms with Gasteiger partial charge in [0.2, 0.25) is 0 Å². The fourth-order valence-electron chi connectivity index (χ4n) is 2.55. The summed E-state index contributed by atoms with van der Waals surface area (Å²) in [5.41, 5.74) is 0.952. The molecule has 0 radical (unpaired) electrons. The van der Waals surface area contributed by atoms with E-state index in [0.29, 0.717) is 11.6 Å². The van der Waals surface area contributed by atoms with Gasteiger partial charge in [0.25, 0.3) is 0 Å². The molecule has 2 heterocycles. The van der Waals surface area contributed by atoms with Crippen molar-refractivity contribution in [2.24, 2.45) is 0 Å². The number of carboxylic acid groups (broad SMARTS) is 1. The Hall–Kier alpha value is -1.44. The molecular formula is C16H17BrN2O3S. The van der Waals surface area contributed by atoms with Gasteiger partial charge in [-0.05, 0) is 60.1 Å². The first-order chi connectivity index (χ1) is 11.1. The van der Waals surface area contributed by atoms with Crippen molar-refractivity contribution in [2.75, 3.05) is 26.2 Å². The summed E-state index contributed by atoms with van der Waals surface area (Å²) < 4.78 is 6.68. The van der Waals surface area contributed by atoms with Crippen LogP contribution in [0.4, 0.5) is 0 Å².